The number of aryl methyl sites for hydroxylation is 1. The third kappa shape index (κ3) is 5.70. The molecule has 1 aromatic heterocycles. The SMILES string of the molecule is CCOC(=O)CCCc1cccc(OC)c1Cc1c(C)n(C(=O)c2ccc(Cl)cc2)c2ccc(OC)cc12. The van der Waals surface area contributed by atoms with Crippen molar-refractivity contribution in [3.05, 3.63) is 93.6 Å². The summed E-state index contributed by atoms with van der Waals surface area (Å²) in [6.45, 7) is 4.15. The van der Waals surface area contributed by atoms with Crippen LogP contribution >= 0.6 is 11.6 Å². The first-order valence-corrected chi connectivity index (χ1v) is 13.0. The minimum atomic E-state index is -0.191. The van der Waals surface area contributed by atoms with E-state index in [1.54, 1.807) is 43.1 Å². The van der Waals surface area contributed by atoms with Crippen molar-refractivity contribution < 1.29 is 23.8 Å². The Morgan fingerprint density at radius 2 is 1.71 bits per heavy atom. The van der Waals surface area contributed by atoms with Gasteiger partial charge in [0.1, 0.15) is 11.5 Å². The van der Waals surface area contributed by atoms with Crippen LogP contribution in [0, 0.1) is 6.92 Å². The largest absolute Gasteiger partial charge is 0.497 e. The number of benzene rings is 3. The van der Waals surface area contributed by atoms with Crippen molar-refractivity contribution >= 4 is 34.4 Å². The molecule has 1 heterocycles. The van der Waals surface area contributed by atoms with Crippen LogP contribution < -0.4 is 9.47 Å². The maximum Gasteiger partial charge on any atom is 0.305 e. The van der Waals surface area contributed by atoms with Gasteiger partial charge in [0.05, 0.1) is 26.3 Å². The second-order valence-corrected chi connectivity index (χ2v) is 9.46. The lowest BCUT2D eigenvalue weighted by Gasteiger charge is -2.15. The first-order chi connectivity index (χ1) is 18.4. The van der Waals surface area contributed by atoms with E-state index in [0.29, 0.717) is 48.6 Å². The van der Waals surface area contributed by atoms with Gasteiger partial charge in [-0.25, -0.2) is 0 Å². The van der Waals surface area contributed by atoms with E-state index in [-0.39, 0.29) is 11.9 Å². The number of hydrogen-bond acceptors (Lipinski definition) is 5. The summed E-state index contributed by atoms with van der Waals surface area (Å²) in [5.74, 6) is 1.16. The highest BCUT2D eigenvalue weighted by atomic mass is 35.5. The van der Waals surface area contributed by atoms with Gasteiger partial charge in [0, 0.05) is 40.1 Å². The summed E-state index contributed by atoms with van der Waals surface area (Å²) < 4.78 is 18.1. The van der Waals surface area contributed by atoms with Gasteiger partial charge in [0.2, 0.25) is 0 Å². The maximum atomic E-state index is 13.7. The number of methoxy groups -OCH3 is 2. The molecular weight excluding hydrogens is 502 g/mol. The third-order valence-corrected chi connectivity index (χ3v) is 7.02. The van der Waals surface area contributed by atoms with Crippen LogP contribution in [0.25, 0.3) is 10.9 Å². The second kappa shape index (κ2) is 12.2. The van der Waals surface area contributed by atoms with Crippen molar-refractivity contribution in [3.63, 3.8) is 0 Å². The Labute approximate surface area is 228 Å². The first-order valence-electron chi connectivity index (χ1n) is 12.7. The molecule has 0 N–H and O–H groups in total. The van der Waals surface area contributed by atoms with E-state index in [9.17, 15) is 9.59 Å². The lowest BCUT2D eigenvalue weighted by Crippen LogP contribution is -2.13. The zero-order valence-electron chi connectivity index (χ0n) is 22.2. The van der Waals surface area contributed by atoms with Gasteiger partial charge >= 0.3 is 5.97 Å². The van der Waals surface area contributed by atoms with Crippen LogP contribution in [0.2, 0.25) is 5.02 Å². The molecule has 198 valence electrons. The topological polar surface area (TPSA) is 66.8 Å². The van der Waals surface area contributed by atoms with E-state index < -0.39 is 0 Å². The number of rotatable bonds is 10. The van der Waals surface area contributed by atoms with E-state index >= 15 is 0 Å². The molecule has 6 nitrogen and oxygen atoms in total. The number of esters is 1. The van der Waals surface area contributed by atoms with Gasteiger partial charge in [-0.15, -0.1) is 0 Å². The molecule has 0 bridgehead atoms. The summed E-state index contributed by atoms with van der Waals surface area (Å²) in [5, 5.41) is 1.51. The van der Waals surface area contributed by atoms with Crippen molar-refractivity contribution in [1.29, 1.82) is 0 Å². The van der Waals surface area contributed by atoms with Gasteiger partial charge in [-0.05, 0) is 86.3 Å². The Morgan fingerprint density at radius 1 is 0.947 bits per heavy atom. The molecule has 0 fully saturated rings. The van der Waals surface area contributed by atoms with E-state index in [1.807, 2.05) is 44.2 Å². The zero-order valence-corrected chi connectivity index (χ0v) is 22.9. The van der Waals surface area contributed by atoms with Crippen molar-refractivity contribution in [3.8, 4) is 11.5 Å². The highest BCUT2D eigenvalue weighted by Crippen LogP contribution is 2.35. The molecule has 0 aliphatic heterocycles. The van der Waals surface area contributed by atoms with Gasteiger partial charge in [0.25, 0.3) is 5.91 Å². The quantitative estimate of drug-likeness (QED) is 0.210. The van der Waals surface area contributed by atoms with E-state index in [0.717, 1.165) is 39.0 Å². The molecule has 0 aliphatic rings. The minimum Gasteiger partial charge on any atom is -0.497 e. The summed E-state index contributed by atoms with van der Waals surface area (Å²) in [7, 11) is 3.29. The molecule has 0 radical (unpaired) electrons. The number of aromatic nitrogens is 1. The van der Waals surface area contributed by atoms with Gasteiger partial charge in [-0.3, -0.25) is 14.2 Å². The highest BCUT2D eigenvalue weighted by molar-refractivity contribution is 6.30. The summed E-state index contributed by atoms with van der Waals surface area (Å²) in [5.41, 5.74) is 5.34. The summed E-state index contributed by atoms with van der Waals surface area (Å²) in [6, 6.07) is 18.6. The van der Waals surface area contributed by atoms with Crippen LogP contribution in [0.1, 0.15) is 52.5 Å². The molecule has 0 saturated carbocycles. The fourth-order valence-electron chi connectivity index (χ4n) is 4.87. The van der Waals surface area contributed by atoms with E-state index in [1.165, 1.54) is 0 Å². The Kier molecular flexibility index (Phi) is 8.74. The molecule has 0 amide bonds. The molecule has 38 heavy (non-hydrogen) atoms. The van der Waals surface area contributed by atoms with Crippen LogP contribution in [0.15, 0.2) is 60.7 Å². The van der Waals surface area contributed by atoms with Crippen molar-refractivity contribution in [2.75, 3.05) is 20.8 Å². The number of fused-ring (bicyclic) bond motifs is 1. The standard InChI is InChI=1S/C31H32ClNO5/c1-5-38-30(34)11-7-9-21-8-6-10-29(37-4)26(21)19-25-20(2)33(28-17-16-24(36-3)18-27(25)28)31(35)22-12-14-23(32)15-13-22/h6,8,10,12-18H,5,7,9,11,19H2,1-4H3. The molecule has 4 rings (SSSR count). The number of carbonyl (C=O) groups is 2. The summed E-state index contributed by atoms with van der Waals surface area (Å²) >= 11 is 6.06. The van der Waals surface area contributed by atoms with E-state index in [2.05, 4.69) is 6.07 Å². The maximum absolute atomic E-state index is 13.7. The van der Waals surface area contributed by atoms with Gasteiger partial charge in [-0.2, -0.15) is 0 Å². The number of carbonyl (C=O) groups excluding carboxylic acids is 2. The average molecular weight is 534 g/mol. The Balaban J connectivity index is 1.78. The van der Waals surface area contributed by atoms with Crippen LogP contribution in [-0.4, -0.2) is 37.3 Å². The molecule has 0 saturated heterocycles. The minimum absolute atomic E-state index is 0.129. The number of ether oxygens (including phenoxy) is 3. The second-order valence-electron chi connectivity index (χ2n) is 9.03. The molecule has 7 heteroatoms. The fraction of sp³-hybridized carbons (Fsp3) is 0.290. The monoisotopic (exact) mass is 533 g/mol. The molecule has 0 spiro atoms. The highest BCUT2D eigenvalue weighted by Gasteiger charge is 2.22. The number of nitrogens with zero attached hydrogens (tertiary/aromatic N) is 1. The van der Waals surface area contributed by atoms with Gasteiger partial charge < -0.3 is 14.2 Å². The van der Waals surface area contributed by atoms with Gasteiger partial charge in [0.15, 0.2) is 0 Å². The Hall–Kier alpha value is -3.77. The van der Waals surface area contributed by atoms with Crippen LogP contribution in [0.4, 0.5) is 0 Å². The predicted molar refractivity (Wildman–Crippen MR) is 150 cm³/mol. The predicted octanol–water partition coefficient (Wildman–Crippen LogP) is 6.79. The lowest BCUT2D eigenvalue weighted by atomic mass is 9.94. The molecule has 0 atom stereocenters. The third-order valence-electron chi connectivity index (χ3n) is 6.77. The van der Waals surface area contributed by atoms with Crippen LogP contribution in [0.3, 0.4) is 0 Å². The summed E-state index contributed by atoms with van der Waals surface area (Å²) in [4.78, 5) is 25.6. The molecule has 0 unspecified atom stereocenters. The normalized spacial score (nSPS) is 11.0. The number of halogens is 1. The molecule has 4 aromatic rings. The number of hydrogen-bond donors (Lipinski definition) is 0. The first kappa shape index (κ1) is 27.3. The van der Waals surface area contributed by atoms with Crippen LogP contribution in [0.5, 0.6) is 11.5 Å². The average Bonchev–Trinajstić information content (AvgIpc) is 3.19. The molecule has 0 aliphatic carbocycles. The van der Waals surface area contributed by atoms with Crippen molar-refractivity contribution in [2.24, 2.45) is 0 Å². The van der Waals surface area contributed by atoms with E-state index in [4.69, 9.17) is 25.8 Å². The zero-order chi connectivity index (χ0) is 27.2. The fourth-order valence-corrected chi connectivity index (χ4v) is 4.99. The molecular formula is C31H32ClNO5. The summed E-state index contributed by atoms with van der Waals surface area (Å²) in [6.07, 6.45) is 2.28. The molecule has 3 aromatic carbocycles. The lowest BCUT2D eigenvalue weighted by molar-refractivity contribution is -0.143. The smallest absolute Gasteiger partial charge is 0.305 e. The Bertz CT molecular complexity index is 1460. The van der Waals surface area contributed by atoms with Crippen LogP contribution in [-0.2, 0) is 22.4 Å². The van der Waals surface area contributed by atoms with Crippen molar-refractivity contribution in [2.45, 2.75) is 39.5 Å². The van der Waals surface area contributed by atoms with Gasteiger partial charge in [-0.1, -0.05) is 23.7 Å². The van der Waals surface area contributed by atoms with Crippen molar-refractivity contribution in [1.82, 2.24) is 4.57 Å². The Morgan fingerprint density at radius 3 is 2.39 bits per heavy atom.